The van der Waals surface area contributed by atoms with Gasteiger partial charge in [-0.15, -0.1) is 0 Å². The summed E-state index contributed by atoms with van der Waals surface area (Å²) in [6.07, 6.45) is 0.975. The minimum absolute atomic E-state index is 0.0432. The maximum atomic E-state index is 12.3. The summed E-state index contributed by atoms with van der Waals surface area (Å²) in [5.41, 5.74) is 6.68. The average molecular weight is 236 g/mol. The number of hydrogen-bond acceptors (Lipinski definition) is 3. The Balaban J connectivity index is 2.13. The Hall–Kier alpha value is -1.29. The van der Waals surface area contributed by atoms with Gasteiger partial charge < -0.3 is 15.1 Å². The van der Waals surface area contributed by atoms with Crippen LogP contribution in [0.4, 0.5) is 0 Å². The molecule has 1 fully saturated rings. The molecule has 1 aliphatic rings. The van der Waals surface area contributed by atoms with Crippen LogP contribution in [0, 0.1) is 19.8 Å². The van der Waals surface area contributed by atoms with Gasteiger partial charge in [-0.3, -0.25) is 4.79 Å². The Morgan fingerprint density at radius 1 is 1.53 bits per heavy atom. The van der Waals surface area contributed by atoms with Gasteiger partial charge in [0, 0.05) is 19.1 Å². The largest absolute Gasteiger partial charge is 0.466 e. The number of nitrogens with zero attached hydrogens (tertiary/aromatic N) is 1. The van der Waals surface area contributed by atoms with E-state index in [1.807, 2.05) is 18.7 Å². The van der Waals surface area contributed by atoms with Gasteiger partial charge in [-0.25, -0.2) is 0 Å². The van der Waals surface area contributed by atoms with E-state index in [1.165, 1.54) is 0 Å². The van der Waals surface area contributed by atoms with E-state index in [-0.39, 0.29) is 11.9 Å². The van der Waals surface area contributed by atoms with Crippen molar-refractivity contribution in [3.63, 3.8) is 0 Å². The number of aryl methyl sites for hydroxylation is 2. The van der Waals surface area contributed by atoms with Crippen LogP contribution in [0.15, 0.2) is 10.5 Å². The van der Waals surface area contributed by atoms with E-state index >= 15 is 0 Å². The van der Waals surface area contributed by atoms with Crippen LogP contribution in [0.2, 0.25) is 0 Å². The first-order valence-electron chi connectivity index (χ1n) is 6.11. The van der Waals surface area contributed by atoms with E-state index in [0.29, 0.717) is 23.8 Å². The van der Waals surface area contributed by atoms with Gasteiger partial charge in [0.1, 0.15) is 11.5 Å². The van der Waals surface area contributed by atoms with E-state index < -0.39 is 0 Å². The third-order valence-corrected chi connectivity index (χ3v) is 3.58. The van der Waals surface area contributed by atoms with Crippen LogP contribution in [0.1, 0.15) is 35.2 Å². The van der Waals surface area contributed by atoms with Crippen molar-refractivity contribution in [1.29, 1.82) is 0 Å². The predicted octanol–water partition coefficient (Wildman–Crippen LogP) is 1.71. The first kappa shape index (κ1) is 12.2. The topological polar surface area (TPSA) is 59.5 Å². The second-order valence-electron chi connectivity index (χ2n) is 5.01. The lowest BCUT2D eigenvalue weighted by Gasteiger charge is -2.34. The van der Waals surface area contributed by atoms with Crippen molar-refractivity contribution in [2.45, 2.75) is 33.2 Å². The SMILES string of the molecule is Cc1cc(C(=O)N2CCC(C)C(N)C2)c(C)o1. The number of carbonyl (C=O) groups is 1. The zero-order valence-electron chi connectivity index (χ0n) is 10.7. The summed E-state index contributed by atoms with van der Waals surface area (Å²) in [6.45, 7) is 7.25. The molecule has 4 heteroatoms. The number of piperidine rings is 1. The highest BCUT2D eigenvalue weighted by molar-refractivity contribution is 5.95. The van der Waals surface area contributed by atoms with Gasteiger partial charge in [0.15, 0.2) is 0 Å². The second kappa shape index (κ2) is 4.53. The third kappa shape index (κ3) is 2.36. The summed E-state index contributed by atoms with van der Waals surface area (Å²) < 4.78 is 5.40. The van der Waals surface area contributed by atoms with Crippen LogP contribution in [-0.4, -0.2) is 29.9 Å². The van der Waals surface area contributed by atoms with Gasteiger partial charge in [-0.2, -0.15) is 0 Å². The summed E-state index contributed by atoms with van der Waals surface area (Å²) in [6, 6.07) is 1.89. The van der Waals surface area contributed by atoms with Gasteiger partial charge in [0.2, 0.25) is 0 Å². The smallest absolute Gasteiger partial charge is 0.257 e. The molecule has 94 valence electrons. The first-order chi connectivity index (χ1) is 7.99. The molecule has 0 spiro atoms. The first-order valence-corrected chi connectivity index (χ1v) is 6.11. The molecule has 1 aliphatic heterocycles. The Morgan fingerprint density at radius 3 is 2.76 bits per heavy atom. The zero-order valence-corrected chi connectivity index (χ0v) is 10.7. The van der Waals surface area contributed by atoms with Crippen molar-refractivity contribution in [2.24, 2.45) is 11.7 Å². The molecule has 2 unspecified atom stereocenters. The molecule has 0 aliphatic carbocycles. The molecule has 2 N–H and O–H groups in total. The van der Waals surface area contributed by atoms with Crippen molar-refractivity contribution in [1.82, 2.24) is 4.90 Å². The van der Waals surface area contributed by atoms with Gasteiger partial charge in [-0.05, 0) is 32.3 Å². The number of rotatable bonds is 1. The summed E-state index contributed by atoms with van der Waals surface area (Å²) >= 11 is 0. The molecule has 4 nitrogen and oxygen atoms in total. The Kier molecular flexibility index (Phi) is 3.24. The number of likely N-dealkylation sites (tertiary alicyclic amines) is 1. The number of carbonyl (C=O) groups excluding carboxylic acids is 1. The molecule has 1 aromatic heterocycles. The van der Waals surface area contributed by atoms with Gasteiger partial charge in [0.25, 0.3) is 5.91 Å². The highest BCUT2D eigenvalue weighted by Crippen LogP contribution is 2.20. The molecule has 0 radical (unpaired) electrons. The minimum atomic E-state index is 0.0432. The summed E-state index contributed by atoms with van der Waals surface area (Å²) in [5.74, 6) is 2.01. The summed E-state index contributed by atoms with van der Waals surface area (Å²) in [5, 5.41) is 0. The molecule has 2 atom stereocenters. The lowest BCUT2D eigenvalue weighted by atomic mass is 9.94. The average Bonchev–Trinajstić information content (AvgIpc) is 2.61. The summed E-state index contributed by atoms with van der Waals surface area (Å²) in [7, 11) is 0. The molecule has 17 heavy (non-hydrogen) atoms. The lowest BCUT2D eigenvalue weighted by Crippen LogP contribution is -2.49. The molecule has 0 saturated carbocycles. The molecular formula is C13H20N2O2. The molecular weight excluding hydrogens is 216 g/mol. The van der Waals surface area contributed by atoms with E-state index in [4.69, 9.17) is 10.2 Å². The summed E-state index contributed by atoms with van der Waals surface area (Å²) in [4.78, 5) is 14.1. The van der Waals surface area contributed by atoms with Crippen LogP contribution >= 0.6 is 0 Å². The highest BCUT2D eigenvalue weighted by atomic mass is 16.3. The van der Waals surface area contributed by atoms with E-state index in [9.17, 15) is 4.79 Å². The van der Waals surface area contributed by atoms with E-state index in [0.717, 1.165) is 18.7 Å². The lowest BCUT2D eigenvalue weighted by molar-refractivity contribution is 0.0670. The second-order valence-corrected chi connectivity index (χ2v) is 5.01. The predicted molar refractivity (Wildman–Crippen MR) is 65.8 cm³/mol. The van der Waals surface area contributed by atoms with Crippen molar-refractivity contribution in [2.75, 3.05) is 13.1 Å². The molecule has 2 rings (SSSR count). The Morgan fingerprint density at radius 2 is 2.24 bits per heavy atom. The van der Waals surface area contributed by atoms with E-state index in [1.54, 1.807) is 6.07 Å². The fourth-order valence-electron chi connectivity index (χ4n) is 2.30. The molecule has 1 aromatic rings. The maximum Gasteiger partial charge on any atom is 0.257 e. The van der Waals surface area contributed by atoms with E-state index in [2.05, 4.69) is 6.92 Å². The normalized spacial score (nSPS) is 25.1. The van der Waals surface area contributed by atoms with Crippen LogP contribution in [-0.2, 0) is 0 Å². The van der Waals surface area contributed by atoms with Crippen LogP contribution in [0.5, 0.6) is 0 Å². The van der Waals surface area contributed by atoms with Crippen LogP contribution in [0.3, 0.4) is 0 Å². The molecule has 1 saturated heterocycles. The number of furan rings is 1. The van der Waals surface area contributed by atoms with Gasteiger partial charge >= 0.3 is 0 Å². The van der Waals surface area contributed by atoms with Crippen molar-refractivity contribution in [3.8, 4) is 0 Å². The minimum Gasteiger partial charge on any atom is -0.466 e. The molecule has 0 aromatic carbocycles. The van der Waals surface area contributed by atoms with Crippen molar-refractivity contribution in [3.05, 3.63) is 23.2 Å². The molecule has 0 bridgehead atoms. The third-order valence-electron chi connectivity index (χ3n) is 3.58. The van der Waals surface area contributed by atoms with Crippen molar-refractivity contribution >= 4 is 5.91 Å². The quantitative estimate of drug-likeness (QED) is 0.807. The fourth-order valence-corrected chi connectivity index (χ4v) is 2.30. The Bertz CT molecular complexity index is 425. The number of amides is 1. The number of nitrogens with two attached hydrogens (primary N) is 1. The standard InChI is InChI=1S/C13H20N2O2/c1-8-4-5-15(7-12(8)14)13(16)11-6-9(2)17-10(11)3/h6,8,12H,4-5,7,14H2,1-3H3. The molecule has 1 amide bonds. The Labute approximate surface area is 102 Å². The molecule has 2 heterocycles. The highest BCUT2D eigenvalue weighted by Gasteiger charge is 2.28. The monoisotopic (exact) mass is 236 g/mol. The van der Waals surface area contributed by atoms with Crippen LogP contribution in [0.25, 0.3) is 0 Å². The van der Waals surface area contributed by atoms with Crippen molar-refractivity contribution < 1.29 is 9.21 Å². The fraction of sp³-hybridized carbons (Fsp3) is 0.615. The van der Waals surface area contributed by atoms with Crippen LogP contribution < -0.4 is 5.73 Å². The van der Waals surface area contributed by atoms with Gasteiger partial charge in [0.05, 0.1) is 5.56 Å². The number of hydrogen-bond donors (Lipinski definition) is 1. The van der Waals surface area contributed by atoms with Gasteiger partial charge in [-0.1, -0.05) is 6.92 Å². The zero-order chi connectivity index (χ0) is 12.6. The maximum absolute atomic E-state index is 12.3.